The molecular weight excluding hydrogens is 260 g/mol. The number of nitrogens with one attached hydrogen (secondary N) is 1. The van der Waals surface area contributed by atoms with Crippen LogP contribution in [0.5, 0.6) is 0 Å². The van der Waals surface area contributed by atoms with Crippen LogP contribution >= 0.6 is 15.9 Å². The topological polar surface area (TPSA) is 76.3 Å². The molecule has 0 spiro atoms. The van der Waals surface area contributed by atoms with Crippen LogP contribution in [-0.2, 0) is 0 Å². The fraction of sp³-hybridized carbons (Fsp3) is 0.300. The van der Waals surface area contributed by atoms with E-state index < -0.39 is 6.10 Å². The van der Waals surface area contributed by atoms with Gasteiger partial charge in [-0.2, -0.15) is 5.26 Å². The minimum Gasteiger partial charge on any atom is -0.394 e. The molecular formula is C10H11BrN2O2. The fourth-order valence-electron chi connectivity index (χ4n) is 1.02. The first kappa shape index (κ1) is 12.0. The summed E-state index contributed by atoms with van der Waals surface area (Å²) in [5.74, 6) is 0. The van der Waals surface area contributed by atoms with E-state index in [1.807, 2.05) is 6.07 Å². The van der Waals surface area contributed by atoms with Crippen LogP contribution in [-0.4, -0.2) is 29.5 Å². The minimum atomic E-state index is -0.778. The minimum absolute atomic E-state index is 0.273. The predicted molar refractivity (Wildman–Crippen MR) is 60.4 cm³/mol. The quantitative estimate of drug-likeness (QED) is 0.766. The summed E-state index contributed by atoms with van der Waals surface area (Å²) in [6.45, 7) is -0.000705. The van der Waals surface area contributed by atoms with Gasteiger partial charge in [-0.25, -0.2) is 0 Å². The number of hydrogen-bond donors (Lipinski definition) is 3. The summed E-state index contributed by atoms with van der Waals surface area (Å²) >= 11 is 3.26. The van der Waals surface area contributed by atoms with Crippen molar-refractivity contribution in [1.29, 1.82) is 5.26 Å². The number of anilines is 1. The monoisotopic (exact) mass is 270 g/mol. The molecule has 5 heteroatoms. The zero-order chi connectivity index (χ0) is 11.3. The lowest BCUT2D eigenvalue weighted by molar-refractivity contribution is 0.105. The third-order valence-corrected chi connectivity index (χ3v) is 2.50. The highest BCUT2D eigenvalue weighted by Crippen LogP contribution is 2.20. The molecule has 0 aromatic heterocycles. The van der Waals surface area contributed by atoms with Gasteiger partial charge >= 0.3 is 0 Å². The predicted octanol–water partition coefficient (Wildman–Crippen LogP) is 1.09. The van der Waals surface area contributed by atoms with Crippen LogP contribution in [0.2, 0.25) is 0 Å². The van der Waals surface area contributed by atoms with E-state index in [-0.39, 0.29) is 13.2 Å². The van der Waals surface area contributed by atoms with Crippen molar-refractivity contribution in [2.45, 2.75) is 6.10 Å². The third-order valence-electron chi connectivity index (χ3n) is 1.84. The van der Waals surface area contributed by atoms with Crippen LogP contribution in [0.1, 0.15) is 5.56 Å². The lowest BCUT2D eigenvalue weighted by Gasteiger charge is -2.10. The average Bonchev–Trinajstić information content (AvgIpc) is 2.26. The summed E-state index contributed by atoms with van der Waals surface area (Å²) in [6.07, 6.45) is -0.778. The molecule has 0 amide bonds. The third kappa shape index (κ3) is 3.51. The highest BCUT2D eigenvalue weighted by Gasteiger charge is 2.03. The van der Waals surface area contributed by atoms with Crippen LogP contribution in [0.3, 0.4) is 0 Å². The SMILES string of the molecule is N#Cc1ccc(NCC(O)CO)cc1Br. The first-order chi connectivity index (χ1) is 7.17. The molecule has 1 rings (SSSR count). The van der Waals surface area contributed by atoms with Crippen LogP contribution in [0, 0.1) is 11.3 Å². The van der Waals surface area contributed by atoms with Gasteiger partial charge in [-0.3, -0.25) is 0 Å². The van der Waals surface area contributed by atoms with E-state index in [0.717, 1.165) is 5.69 Å². The maximum absolute atomic E-state index is 9.11. The van der Waals surface area contributed by atoms with Gasteiger partial charge in [0.1, 0.15) is 6.07 Å². The highest BCUT2D eigenvalue weighted by molar-refractivity contribution is 9.10. The molecule has 1 aromatic rings. The Balaban J connectivity index is 2.64. The van der Waals surface area contributed by atoms with E-state index in [2.05, 4.69) is 21.2 Å². The van der Waals surface area contributed by atoms with E-state index in [1.165, 1.54) is 0 Å². The van der Waals surface area contributed by atoms with Gasteiger partial charge in [0.2, 0.25) is 0 Å². The maximum atomic E-state index is 9.11. The summed E-state index contributed by atoms with van der Waals surface area (Å²) in [6, 6.07) is 7.21. The number of hydrogen-bond acceptors (Lipinski definition) is 4. The number of aliphatic hydroxyl groups excluding tert-OH is 2. The van der Waals surface area contributed by atoms with Crippen molar-refractivity contribution in [2.75, 3.05) is 18.5 Å². The standard InChI is InChI=1S/C10H11BrN2O2/c11-10-3-8(2-1-7(10)4-12)13-5-9(15)6-14/h1-3,9,13-15H,5-6H2. The average molecular weight is 271 g/mol. The number of benzene rings is 1. The Bertz CT molecular complexity index is 376. The molecule has 1 aromatic carbocycles. The summed E-state index contributed by atoms with van der Waals surface area (Å²) in [4.78, 5) is 0. The van der Waals surface area contributed by atoms with E-state index in [0.29, 0.717) is 10.0 Å². The summed E-state index contributed by atoms with van der Waals surface area (Å²) in [7, 11) is 0. The van der Waals surface area contributed by atoms with Crippen LogP contribution in [0.4, 0.5) is 5.69 Å². The Morgan fingerprint density at radius 2 is 2.27 bits per heavy atom. The van der Waals surface area contributed by atoms with Crippen LogP contribution < -0.4 is 5.32 Å². The van der Waals surface area contributed by atoms with Gasteiger partial charge in [0.15, 0.2) is 0 Å². The van der Waals surface area contributed by atoms with Gasteiger partial charge in [0.05, 0.1) is 18.3 Å². The Labute approximate surface area is 96.3 Å². The molecule has 80 valence electrons. The molecule has 4 nitrogen and oxygen atoms in total. The Hall–Kier alpha value is -1.09. The molecule has 3 N–H and O–H groups in total. The van der Waals surface area contributed by atoms with Crippen molar-refractivity contribution in [3.05, 3.63) is 28.2 Å². The smallest absolute Gasteiger partial charge is 0.100 e. The molecule has 0 heterocycles. The van der Waals surface area contributed by atoms with Crippen molar-refractivity contribution in [3.8, 4) is 6.07 Å². The molecule has 15 heavy (non-hydrogen) atoms. The second kappa shape index (κ2) is 5.71. The largest absolute Gasteiger partial charge is 0.394 e. The number of rotatable bonds is 4. The summed E-state index contributed by atoms with van der Waals surface area (Å²) in [5.41, 5.74) is 1.34. The van der Waals surface area contributed by atoms with Crippen molar-refractivity contribution < 1.29 is 10.2 Å². The lowest BCUT2D eigenvalue weighted by atomic mass is 10.2. The van der Waals surface area contributed by atoms with E-state index in [1.54, 1.807) is 18.2 Å². The number of halogens is 1. The van der Waals surface area contributed by atoms with E-state index in [9.17, 15) is 0 Å². The van der Waals surface area contributed by atoms with Gasteiger partial charge in [-0.05, 0) is 34.1 Å². The molecule has 0 aliphatic rings. The van der Waals surface area contributed by atoms with Crippen molar-refractivity contribution in [3.63, 3.8) is 0 Å². The van der Waals surface area contributed by atoms with Crippen molar-refractivity contribution >= 4 is 21.6 Å². The van der Waals surface area contributed by atoms with Crippen LogP contribution in [0.15, 0.2) is 22.7 Å². The van der Waals surface area contributed by atoms with Gasteiger partial charge in [0.25, 0.3) is 0 Å². The van der Waals surface area contributed by atoms with E-state index >= 15 is 0 Å². The van der Waals surface area contributed by atoms with Crippen molar-refractivity contribution in [1.82, 2.24) is 0 Å². The molecule has 0 saturated heterocycles. The van der Waals surface area contributed by atoms with Gasteiger partial charge < -0.3 is 15.5 Å². The van der Waals surface area contributed by atoms with Gasteiger partial charge in [-0.15, -0.1) is 0 Å². The second-order valence-electron chi connectivity index (χ2n) is 3.02. The molecule has 0 aliphatic carbocycles. The number of aliphatic hydroxyl groups is 2. The molecule has 0 fully saturated rings. The van der Waals surface area contributed by atoms with Crippen molar-refractivity contribution in [2.24, 2.45) is 0 Å². The molecule has 1 atom stereocenters. The number of nitrogens with zero attached hydrogens (tertiary/aromatic N) is 1. The van der Waals surface area contributed by atoms with Crippen LogP contribution in [0.25, 0.3) is 0 Å². The Morgan fingerprint density at radius 1 is 1.53 bits per heavy atom. The molecule has 1 unspecified atom stereocenters. The lowest BCUT2D eigenvalue weighted by Crippen LogP contribution is -2.22. The fourth-order valence-corrected chi connectivity index (χ4v) is 1.48. The normalized spacial score (nSPS) is 11.9. The molecule has 0 aliphatic heterocycles. The Kier molecular flexibility index (Phi) is 4.56. The maximum Gasteiger partial charge on any atom is 0.100 e. The van der Waals surface area contributed by atoms with Gasteiger partial charge in [-0.1, -0.05) is 0 Å². The van der Waals surface area contributed by atoms with E-state index in [4.69, 9.17) is 15.5 Å². The first-order valence-electron chi connectivity index (χ1n) is 4.40. The summed E-state index contributed by atoms with van der Waals surface area (Å²) in [5, 5.41) is 29.4. The zero-order valence-electron chi connectivity index (χ0n) is 7.94. The molecule has 0 radical (unpaired) electrons. The second-order valence-corrected chi connectivity index (χ2v) is 3.88. The van der Waals surface area contributed by atoms with Gasteiger partial charge in [0, 0.05) is 16.7 Å². The molecule has 0 bridgehead atoms. The number of nitriles is 1. The zero-order valence-corrected chi connectivity index (χ0v) is 9.53. The Morgan fingerprint density at radius 3 is 2.80 bits per heavy atom. The highest BCUT2D eigenvalue weighted by atomic mass is 79.9. The summed E-state index contributed by atoms with van der Waals surface area (Å²) < 4.78 is 0.702. The molecule has 0 saturated carbocycles. The first-order valence-corrected chi connectivity index (χ1v) is 5.19.